The predicted molar refractivity (Wildman–Crippen MR) is 73.8 cm³/mol. The van der Waals surface area contributed by atoms with Crippen LogP contribution in [0.15, 0.2) is 48.5 Å². The number of hydrogen-bond acceptors (Lipinski definition) is 2. The van der Waals surface area contributed by atoms with E-state index in [1.807, 2.05) is 0 Å². The zero-order valence-corrected chi connectivity index (χ0v) is 9.96. The van der Waals surface area contributed by atoms with Crippen LogP contribution >= 0.6 is 0 Å². The van der Waals surface area contributed by atoms with Crippen LogP contribution in [0, 0.1) is 0 Å². The standard InChI is InChI=1S/C16H10O3/c17-9-14-10-5-1-3-7-12(10)15(16(18)19)13-8-4-2-6-11(13)14/h1-9H,(H,18,19). The van der Waals surface area contributed by atoms with Crippen LogP contribution in [0.1, 0.15) is 20.7 Å². The Balaban J connectivity index is 2.69. The third-order valence-electron chi connectivity index (χ3n) is 3.30. The number of carboxylic acids is 1. The predicted octanol–water partition coefficient (Wildman–Crippen LogP) is 3.50. The van der Waals surface area contributed by atoms with Crippen molar-refractivity contribution in [3.05, 3.63) is 59.7 Å². The highest BCUT2D eigenvalue weighted by molar-refractivity contribution is 6.22. The zero-order chi connectivity index (χ0) is 13.4. The van der Waals surface area contributed by atoms with Gasteiger partial charge in [0, 0.05) is 5.56 Å². The molecule has 0 aliphatic heterocycles. The van der Waals surface area contributed by atoms with Gasteiger partial charge in [0.15, 0.2) is 6.29 Å². The second kappa shape index (κ2) is 4.21. The molecule has 0 unspecified atom stereocenters. The lowest BCUT2D eigenvalue weighted by Crippen LogP contribution is -2.01. The van der Waals surface area contributed by atoms with E-state index in [0.29, 0.717) is 27.1 Å². The Morgan fingerprint density at radius 1 is 0.842 bits per heavy atom. The fourth-order valence-corrected chi connectivity index (χ4v) is 2.52. The number of carbonyl (C=O) groups excluding carboxylic acids is 1. The van der Waals surface area contributed by atoms with E-state index in [1.54, 1.807) is 48.5 Å². The summed E-state index contributed by atoms with van der Waals surface area (Å²) in [7, 11) is 0. The number of aldehydes is 1. The molecule has 3 nitrogen and oxygen atoms in total. The van der Waals surface area contributed by atoms with E-state index in [1.165, 1.54) is 0 Å². The number of benzene rings is 3. The molecular weight excluding hydrogens is 240 g/mol. The van der Waals surface area contributed by atoms with Gasteiger partial charge in [0.2, 0.25) is 0 Å². The highest BCUT2D eigenvalue weighted by atomic mass is 16.4. The van der Waals surface area contributed by atoms with Crippen LogP contribution in [0.25, 0.3) is 21.5 Å². The Kier molecular flexibility index (Phi) is 2.53. The summed E-state index contributed by atoms with van der Waals surface area (Å²) in [6.07, 6.45) is 0.788. The highest BCUT2D eigenvalue weighted by Crippen LogP contribution is 2.31. The molecule has 92 valence electrons. The average Bonchev–Trinajstić information content (AvgIpc) is 2.44. The number of rotatable bonds is 2. The van der Waals surface area contributed by atoms with Crippen LogP contribution in [0.3, 0.4) is 0 Å². The first kappa shape index (κ1) is 11.4. The zero-order valence-electron chi connectivity index (χ0n) is 9.96. The molecule has 3 aromatic rings. The van der Waals surface area contributed by atoms with Crippen LogP contribution in [0.4, 0.5) is 0 Å². The molecule has 3 rings (SSSR count). The molecule has 3 aromatic carbocycles. The van der Waals surface area contributed by atoms with Gasteiger partial charge in [0.25, 0.3) is 0 Å². The molecule has 0 spiro atoms. The minimum Gasteiger partial charge on any atom is -0.478 e. The van der Waals surface area contributed by atoms with Crippen molar-refractivity contribution in [3.8, 4) is 0 Å². The molecule has 0 fully saturated rings. The Hall–Kier alpha value is -2.68. The van der Waals surface area contributed by atoms with Crippen molar-refractivity contribution in [1.29, 1.82) is 0 Å². The largest absolute Gasteiger partial charge is 0.478 e. The van der Waals surface area contributed by atoms with Crippen molar-refractivity contribution in [1.82, 2.24) is 0 Å². The summed E-state index contributed by atoms with van der Waals surface area (Å²) in [6, 6.07) is 14.2. The van der Waals surface area contributed by atoms with E-state index in [-0.39, 0.29) is 5.56 Å². The van der Waals surface area contributed by atoms with Gasteiger partial charge in [-0.1, -0.05) is 48.5 Å². The molecule has 0 amide bonds. The monoisotopic (exact) mass is 250 g/mol. The lowest BCUT2D eigenvalue weighted by molar-refractivity contribution is 0.0701. The fourth-order valence-electron chi connectivity index (χ4n) is 2.52. The van der Waals surface area contributed by atoms with Gasteiger partial charge in [0.05, 0.1) is 5.56 Å². The summed E-state index contributed by atoms with van der Waals surface area (Å²) in [5.41, 5.74) is 0.785. The van der Waals surface area contributed by atoms with Crippen LogP contribution in [-0.4, -0.2) is 17.4 Å². The van der Waals surface area contributed by atoms with Gasteiger partial charge < -0.3 is 5.11 Å². The lowest BCUT2D eigenvalue weighted by atomic mass is 9.92. The molecule has 19 heavy (non-hydrogen) atoms. The summed E-state index contributed by atoms with van der Waals surface area (Å²) < 4.78 is 0. The first-order chi connectivity index (χ1) is 9.24. The van der Waals surface area contributed by atoms with Gasteiger partial charge in [-0.2, -0.15) is 0 Å². The maximum atomic E-state index is 11.5. The molecule has 0 aromatic heterocycles. The summed E-state index contributed by atoms with van der Waals surface area (Å²) in [6.45, 7) is 0. The molecule has 0 heterocycles. The normalized spacial score (nSPS) is 10.7. The highest BCUT2D eigenvalue weighted by Gasteiger charge is 2.17. The topological polar surface area (TPSA) is 54.4 Å². The molecule has 0 radical (unpaired) electrons. The Morgan fingerprint density at radius 2 is 1.26 bits per heavy atom. The van der Waals surface area contributed by atoms with Crippen LogP contribution in [0.5, 0.6) is 0 Å². The third-order valence-corrected chi connectivity index (χ3v) is 3.30. The van der Waals surface area contributed by atoms with E-state index in [0.717, 1.165) is 6.29 Å². The van der Waals surface area contributed by atoms with Crippen molar-refractivity contribution in [2.45, 2.75) is 0 Å². The fraction of sp³-hybridized carbons (Fsp3) is 0. The van der Waals surface area contributed by atoms with Crippen molar-refractivity contribution in [2.24, 2.45) is 0 Å². The first-order valence-electron chi connectivity index (χ1n) is 5.86. The Bertz CT molecular complexity index is 762. The van der Waals surface area contributed by atoms with E-state index >= 15 is 0 Å². The van der Waals surface area contributed by atoms with Crippen LogP contribution < -0.4 is 0 Å². The van der Waals surface area contributed by atoms with E-state index in [4.69, 9.17) is 0 Å². The quantitative estimate of drug-likeness (QED) is 0.559. The molecule has 3 heteroatoms. The molecule has 0 aliphatic rings. The first-order valence-corrected chi connectivity index (χ1v) is 5.86. The number of hydrogen-bond donors (Lipinski definition) is 1. The van der Waals surface area contributed by atoms with Gasteiger partial charge in [-0.05, 0) is 21.5 Å². The Labute approximate surface area is 109 Å². The van der Waals surface area contributed by atoms with Crippen molar-refractivity contribution >= 4 is 33.8 Å². The molecule has 0 saturated heterocycles. The molecule has 1 N–H and O–H groups in total. The smallest absolute Gasteiger partial charge is 0.336 e. The number of aromatic carboxylic acids is 1. The van der Waals surface area contributed by atoms with Crippen LogP contribution in [0.2, 0.25) is 0 Å². The van der Waals surface area contributed by atoms with Crippen LogP contribution in [-0.2, 0) is 0 Å². The van der Waals surface area contributed by atoms with Gasteiger partial charge in [-0.25, -0.2) is 4.79 Å². The number of carboxylic acid groups (broad SMARTS) is 1. The molecule has 0 atom stereocenters. The average molecular weight is 250 g/mol. The maximum absolute atomic E-state index is 11.5. The second-order valence-electron chi connectivity index (χ2n) is 4.30. The van der Waals surface area contributed by atoms with Gasteiger partial charge in [-0.15, -0.1) is 0 Å². The van der Waals surface area contributed by atoms with E-state index in [2.05, 4.69) is 0 Å². The lowest BCUT2D eigenvalue weighted by Gasteiger charge is -2.10. The van der Waals surface area contributed by atoms with Gasteiger partial charge >= 0.3 is 5.97 Å². The minimum atomic E-state index is -0.982. The summed E-state index contributed by atoms with van der Waals surface area (Å²) >= 11 is 0. The number of fused-ring (bicyclic) bond motifs is 2. The second-order valence-corrected chi connectivity index (χ2v) is 4.30. The molecule has 0 aliphatic carbocycles. The van der Waals surface area contributed by atoms with Crippen molar-refractivity contribution in [2.75, 3.05) is 0 Å². The van der Waals surface area contributed by atoms with Crippen molar-refractivity contribution in [3.63, 3.8) is 0 Å². The van der Waals surface area contributed by atoms with E-state index < -0.39 is 5.97 Å². The molecule has 0 bridgehead atoms. The van der Waals surface area contributed by atoms with Crippen molar-refractivity contribution < 1.29 is 14.7 Å². The van der Waals surface area contributed by atoms with E-state index in [9.17, 15) is 14.7 Å². The maximum Gasteiger partial charge on any atom is 0.336 e. The third kappa shape index (κ3) is 1.59. The van der Waals surface area contributed by atoms with Gasteiger partial charge in [-0.3, -0.25) is 4.79 Å². The number of carbonyl (C=O) groups is 2. The molecular formula is C16H10O3. The molecule has 0 saturated carbocycles. The minimum absolute atomic E-state index is 0.247. The summed E-state index contributed by atoms with van der Waals surface area (Å²) in [5.74, 6) is -0.982. The Morgan fingerprint density at radius 3 is 1.63 bits per heavy atom. The van der Waals surface area contributed by atoms with Gasteiger partial charge in [0.1, 0.15) is 0 Å². The summed E-state index contributed by atoms with van der Waals surface area (Å²) in [4.78, 5) is 22.9. The SMILES string of the molecule is O=Cc1c2ccccc2c(C(=O)O)c2ccccc12. The summed E-state index contributed by atoms with van der Waals surface area (Å²) in [5, 5.41) is 12.0.